The quantitative estimate of drug-likeness (QED) is 0.460. The van der Waals surface area contributed by atoms with E-state index in [1.165, 1.54) is 14.2 Å². The van der Waals surface area contributed by atoms with Crippen molar-refractivity contribution in [2.45, 2.75) is 76.7 Å². The van der Waals surface area contributed by atoms with E-state index in [2.05, 4.69) is 0 Å². The van der Waals surface area contributed by atoms with Gasteiger partial charge in [0.15, 0.2) is 23.8 Å². The fourth-order valence-corrected chi connectivity index (χ4v) is 5.63. The predicted octanol–water partition coefficient (Wildman–Crippen LogP) is 0.942. The molecule has 3 heterocycles. The van der Waals surface area contributed by atoms with Gasteiger partial charge in [-0.3, -0.25) is 14.4 Å². The summed E-state index contributed by atoms with van der Waals surface area (Å²) in [5.41, 5.74) is -1.06. The molecule has 0 radical (unpaired) electrons. The van der Waals surface area contributed by atoms with Gasteiger partial charge in [-0.05, 0) is 27.7 Å². The van der Waals surface area contributed by atoms with Crippen LogP contribution in [0.5, 0.6) is 0 Å². The number of methoxy groups -OCH3 is 2. The number of carbonyl (C=O) groups excluding carboxylic acids is 3. The van der Waals surface area contributed by atoms with Crippen LogP contribution in [0.4, 0.5) is 0 Å². The lowest BCUT2D eigenvalue weighted by Gasteiger charge is -2.42. The van der Waals surface area contributed by atoms with E-state index in [4.69, 9.17) is 33.2 Å². The third-order valence-electron chi connectivity index (χ3n) is 6.72. The zero-order chi connectivity index (χ0) is 22.8. The van der Waals surface area contributed by atoms with E-state index in [1.807, 2.05) is 0 Å². The minimum atomic E-state index is -1.31. The Bertz CT molecular complexity index is 760. The van der Waals surface area contributed by atoms with Crippen LogP contribution in [0.25, 0.3) is 0 Å². The number of fused-ring (bicyclic) bond motifs is 2. The summed E-state index contributed by atoms with van der Waals surface area (Å²) in [4.78, 5) is 38.2. The van der Waals surface area contributed by atoms with Crippen LogP contribution < -0.4 is 0 Å². The number of hydrogen-bond acceptors (Lipinski definition) is 10. The molecule has 4 rings (SSSR count). The third-order valence-corrected chi connectivity index (χ3v) is 6.72. The summed E-state index contributed by atoms with van der Waals surface area (Å²) in [7, 11) is 2.39. The molecule has 31 heavy (non-hydrogen) atoms. The Kier molecular flexibility index (Phi) is 5.45. The van der Waals surface area contributed by atoms with E-state index in [0.29, 0.717) is 0 Å². The molecule has 4 aliphatic rings. The van der Waals surface area contributed by atoms with Gasteiger partial charge in [0, 0.05) is 24.2 Å². The summed E-state index contributed by atoms with van der Waals surface area (Å²) in [5, 5.41) is 0. The van der Waals surface area contributed by atoms with Crippen LogP contribution in [-0.2, 0) is 47.5 Å². The molecule has 0 bridgehead atoms. The Morgan fingerprint density at radius 2 is 1.61 bits per heavy atom. The van der Waals surface area contributed by atoms with E-state index >= 15 is 0 Å². The Hall–Kier alpha value is -1.59. The molecule has 0 aromatic rings. The Labute approximate surface area is 180 Å². The first-order valence-corrected chi connectivity index (χ1v) is 10.4. The van der Waals surface area contributed by atoms with Gasteiger partial charge in [-0.1, -0.05) is 0 Å². The van der Waals surface area contributed by atoms with E-state index < -0.39 is 65.4 Å². The number of esters is 2. The van der Waals surface area contributed by atoms with E-state index in [-0.39, 0.29) is 25.2 Å². The van der Waals surface area contributed by atoms with Crippen LogP contribution in [0.3, 0.4) is 0 Å². The summed E-state index contributed by atoms with van der Waals surface area (Å²) in [5.74, 6) is -5.52. The average Bonchev–Trinajstić information content (AvgIpc) is 3.38. The van der Waals surface area contributed by atoms with Gasteiger partial charge in [-0.2, -0.15) is 0 Å². The van der Waals surface area contributed by atoms with Crippen LogP contribution in [0.15, 0.2) is 0 Å². The molecular weight excluding hydrogens is 412 g/mol. The number of Topliss-reactive ketones (excluding diaryl/α,β-unsaturated/α-hetero) is 1. The van der Waals surface area contributed by atoms with E-state index in [9.17, 15) is 14.4 Å². The summed E-state index contributed by atoms with van der Waals surface area (Å²) in [6.07, 6.45) is -2.68. The van der Waals surface area contributed by atoms with Crippen LogP contribution in [0, 0.1) is 17.3 Å². The molecule has 3 saturated heterocycles. The van der Waals surface area contributed by atoms with Crippen molar-refractivity contribution in [2.24, 2.45) is 17.3 Å². The van der Waals surface area contributed by atoms with Gasteiger partial charge >= 0.3 is 11.9 Å². The lowest BCUT2D eigenvalue weighted by molar-refractivity contribution is -0.242. The standard InChI is InChI=1S/C21H30O10/c1-19(2)27-9-12(29-19)14-21(15-18(28-14)31-20(3,4)30-15)8-10(22)7-11(21)13(16(23)25-5)17(24)26-6/h11-15,18H,7-9H2,1-6H3/t11-,12+,14+,15-,18+,21+/m0/s1. The van der Waals surface area contributed by atoms with Gasteiger partial charge in [0.1, 0.15) is 18.0 Å². The number of carbonyl (C=O) groups is 3. The highest BCUT2D eigenvalue weighted by Gasteiger charge is 2.73. The van der Waals surface area contributed by atoms with Crippen molar-refractivity contribution < 1.29 is 47.5 Å². The molecule has 4 fully saturated rings. The number of ether oxygens (including phenoxy) is 7. The molecule has 0 N–H and O–H groups in total. The average molecular weight is 442 g/mol. The molecule has 1 saturated carbocycles. The van der Waals surface area contributed by atoms with Gasteiger partial charge in [0.25, 0.3) is 0 Å². The molecule has 0 unspecified atom stereocenters. The summed E-state index contributed by atoms with van der Waals surface area (Å²) in [6.45, 7) is 7.30. The molecule has 6 atom stereocenters. The Morgan fingerprint density at radius 1 is 0.968 bits per heavy atom. The van der Waals surface area contributed by atoms with Crippen molar-refractivity contribution in [1.82, 2.24) is 0 Å². The number of rotatable bonds is 4. The van der Waals surface area contributed by atoms with Crippen molar-refractivity contribution in [3.05, 3.63) is 0 Å². The van der Waals surface area contributed by atoms with Crippen LogP contribution in [0.2, 0.25) is 0 Å². The van der Waals surface area contributed by atoms with Crippen LogP contribution in [0.1, 0.15) is 40.5 Å². The highest BCUT2D eigenvalue weighted by molar-refractivity contribution is 5.97. The molecule has 10 nitrogen and oxygen atoms in total. The minimum absolute atomic E-state index is 0.0152. The monoisotopic (exact) mass is 442 g/mol. The first-order valence-electron chi connectivity index (χ1n) is 10.4. The molecule has 0 amide bonds. The first-order chi connectivity index (χ1) is 14.4. The number of hydrogen-bond donors (Lipinski definition) is 0. The molecular formula is C21H30O10. The maximum atomic E-state index is 12.9. The highest BCUT2D eigenvalue weighted by atomic mass is 16.8. The fourth-order valence-electron chi connectivity index (χ4n) is 5.63. The second-order valence-electron chi connectivity index (χ2n) is 9.51. The molecule has 0 aromatic carbocycles. The SMILES string of the molecule is COC(=O)C(C(=O)OC)[C@@H]1CC(=O)C[C@]12[C@@H]([C@H]1COC(C)(C)O1)O[C@@H]1OC(C)(C)O[C@@H]12. The molecule has 1 spiro atoms. The number of ketones is 1. The van der Waals surface area contributed by atoms with Crippen molar-refractivity contribution in [1.29, 1.82) is 0 Å². The zero-order valence-corrected chi connectivity index (χ0v) is 18.7. The zero-order valence-electron chi connectivity index (χ0n) is 18.7. The second-order valence-corrected chi connectivity index (χ2v) is 9.51. The molecule has 0 aromatic heterocycles. The maximum Gasteiger partial charge on any atom is 0.320 e. The fraction of sp³-hybridized carbons (Fsp3) is 0.857. The van der Waals surface area contributed by atoms with Gasteiger partial charge in [0.05, 0.1) is 26.9 Å². The molecule has 1 aliphatic carbocycles. The summed E-state index contributed by atoms with van der Waals surface area (Å²) in [6, 6.07) is 0. The normalized spacial score (nSPS) is 40.5. The van der Waals surface area contributed by atoms with E-state index in [0.717, 1.165) is 0 Å². The van der Waals surface area contributed by atoms with Gasteiger partial charge in [0.2, 0.25) is 0 Å². The summed E-state index contributed by atoms with van der Waals surface area (Å²) < 4.78 is 40.1. The topological polar surface area (TPSA) is 116 Å². The van der Waals surface area contributed by atoms with Gasteiger partial charge in [-0.25, -0.2) is 0 Å². The van der Waals surface area contributed by atoms with Crippen LogP contribution in [-0.4, -0.2) is 74.7 Å². The maximum absolute atomic E-state index is 12.9. The Balaban J connectivity index is 1.80. The van der Waals surface area contributed by atoms with Crippen molar-refractivity contribution in [2.75, 3.05) is 20.8 Å². The van der Waals surface area contributed by atoms with Crippen molar-refractivity contribution >= 4 is 17.7 Å². The highest BCUT2D eigenvalue weighted by Crippen LogP contribution is 2.61. The first kappa shape index (κ1) is 22.6. The Morgan fingerprint density at radius 3 is 2.16 bits per heavy atom. The van der Waals surface area contributed by atoms with Crippen molar-refractivity contribution in [3.8, 4) is 0 Å². The molecule has 174 valence electrons. The lowest BCUT2D eigenvalue weighted by Crippen LogP contribution is -2.54. The molecule has 3 aliphatic heterocycles. The lowest BCUT2D eigenvalue weighted by atomic mass is 9.64. The van der Waals surface area contributed by atoms with Crippen LogP contribution >= 0.6 is 0 Å². The van der Waals surface area contributed by atoms with Gasteiger partial charge < -0.3 is 33.2 Å². The van der Waals surface area contributed by atoms with E-state index in [1.54, 1.807) is 27.7 Å². The smallest absolute Gasteiger partial charge is 0.320 e. The third kappa shape index (κ3) is 3.58. The largest absolute Gasteiger partial charge is 0.468 e. The van der Waals surface area contributed by atoms with Crippen molar-refractivity contribution in [3.63, 3.8) is 0 Å². The predicted molar refractivity (Wildman–Crippen MR) is 101 cm³/mol. The second kappa shape index (κ2) is 7.48. The summed E-state index contributed by atoms with van der Waals surface area (Å²) >= 11 is 0. The minimum Gasteiger partial charge on any atom is -0.468 e. The van der Waals surface area contributed by atoms with Gasteiger partial charge in [-0.15, -0.1) is 0 Å². The molecule has 10 heteroatoms.